The molecule has 0 fully saturated rings. The van der Waals surface area contributed by atoms with E-state index in [4.69, 9.17) is 16.1 Å². The Kier molecular flexibility index (Phi) is 3.76. The van der Waals surface area contributed by atoms with Gasteiger partial charge in [-0.3, -0.25) is 0 Å². The molecule has 0 amide bonds. The monoisotopic (exact) mass is 285 g/mol. The maximum atomic E-state index is 13.7. The van der Waals surface area contributed by atoms with Gasteiger partial charge in [-0.05, 0) is 24.6 Å². The van der Waals surface area contributed by atoms with Gasteiger partial charge in [0, 0.05) is 6.07 Å². The van der Waals surface area contributed by atoms with Crippen molar-refractivity contribution >= 4 is 23.0 Å². The average molecular weight is 285 g/mol. The lowest BCUT2D eigenvalue weighted by molar-refractivity contribution is 0.0692. The van der Waals surface area contributed by atoms with Crippen LogP contribution >= 0.6 is 0 Å². The van der Waals surface area contributed by atoms with Crippen LogP contribution in [0.25, 0.3) is 0 Å². The van der Waals surface area contributed by atoms with Gasteiger partial charge in [-0.1, -0.05) is 12.1 Å². The van der Waals surface area contributed by atoms with E-state index in [0.29, 0.717) is 11.3 Å². The summed E-state index contributed by atoms with van der Waals surface area (Å²) in [6, 6.07) is 9.29. The van der Waals surface area contributed by atoms with E-state index in [0.717, 1.165) is 17.7 Å². The Labute approximate surface area is 120 Å². The number of anilines is 3. The largest absolute Gasteiger partial charge is 0.478 e. The van der Waals surface area contributed by atoms with Gasteiger partial charge in [-0.2, -0.15) is 5.26 Å². The predicted molar refractivity (Wildman–Crippen MR) is 76.9 cm³/mol. The first-order valence-corrected chi connectivity index (χ1v) is 6.03. The van der Waals surface area contributed by atoms with Crippen LogP contribution < -0.4 is 11.1 Å². The zero-order chi connectivity index (χ0) is 15.6. The Morgan fingerprint density at radius 3 is 2.71 bits per heavy atom. The van der Waals surface area contributed by atoms with Gasteiger partial charge in [0.05, 0.1) is 28.2 Å². The molecule has 0 spiro atoms. The summed E-state index contributed by atoms with van der Waals surface area (Å²) in [4.78, 5) is 10.8. The number of halogens is 1. The summed E-state index contributed by atoms with van der Waals surface area (Å²) < 4.78 is 13.7. The van der Waals surface area contributed by atoms with E-state index in [2.05, 4.69) is 11.4 Å². The first-order valence-electron chi connectivity index (χ1n) is 6.03. The van der Waals surface area contributed by atoms with Gasteiger partial charge in [0.15, 0.2) is 0 Å². The average Bonchev–Trinajstić information content (AvgIpc) is 2.42. The summed E-state index contributed by atoms with van der Waals surface area (Å²) in [6.45, 7) is 1.78. The van der Waals surface area contributed by atoms with Crippen LogP contribution in [0.3, 0.4) is 0 Å². The Morgan fingerprint density at radius 1 is 1.38 bits per heavy atom. The number of aromatic carboxylic acids is 1. The number of nitrogens with one attached hydrogen (secondary N) is 1. The van der Waals surface area contributed by atoms with Crippen LogP contribution in [-0.2, 0) is 0 Å². The molecule has 21 heavy (non-hydrogen) atoms. The number of nitrogens with zero attached hydrogens (tertiary/aromatic N) is 1. The number of nitrogens with two attached hydrogens (primary N) is 1. The highest BCUT2D eigenvalue weighted by atomic mass is 19.1. The van der Waals surface area contributed by atoms with Crippen LogP contribution in [0.4, 0.5) is 21.5 Å². The van der Waals surface area contributed by atoms with Gasteiger partial charge in [-0.15, -0.1) is 0 Å². The van der Waals surface area contributed by atoms with E-state index >= 15 is 0 Å². The van der Waals surface area contributed by atoms with Crippen molar-refractivity contribution in [3.63, 3.8) is 0 Å². The third-order valence-electron chi connectivity index (χ3n) is 3.02. The lowest BCUT2D eigenvalue weighted by atomic mass is 10.1. The van der Waals surface area contributed by atoms with E-state index in [1.807, 2.05) is 0 Å². The zero-order valence-corrected chi connectivity index (χ0v) is 11.1. The SMILES string of the molecule is Cc1cccc(Nc2cc(F)c(C(=O)O)cc2N)c1C#N. The fourth-order valence-electron chi connectivity index (χ4n) is 1.93. The molecule has 0 aliphatic carbocycles. The molecule has 6 heteroatoms. The molecule has 0 radical (unpaired) electrons. The molecule has 0 aliphatic rings. The van der Waals surface area contributed by atoms with Gasteiger partial charge >= 0.3 is 5.97 Å². The number of benzene rings is 2. The second-order valence-corrected chi connectivity index (χ2v) is 4.46. The summed E-state index contributed by atoms with van der Waals surface area (Å²) >= 11 is 0. The quantitative estimate of drug-likeness (QED) is 0.753. The van der Waals surface area contributed by atoms with Crippen LogP contribution in [0, 0.1) is 24.1 Å². The normalized spacial score (nSPS) is 9.95. The Balaban J connectivity index is 2.47. The molecule has 5 nitrogen and oxygen atoms in total. The third-order valence-corrected chi connectivity index (χ3v) is 3.02. The lowest BCUT2D eigenvalue weighted by Crippen LogP contribution is -2.05. The van der Waals surface area contributed by atoms with Crippen LogP contribution in [0.2, 0.25) is 0 Å². The van der Waals surface area contributed by atoms with Crippen molar-refractivity contribution in [2.75, 3.05) is 11.1 Å². The summed E-state index contributed by atoms with van der Waals surface area (Å²) in [7, 11) is 0. The highest BCUT2D eigenvalue weighted by Crippen LogP contribution is 2.29. The fraction of sp³-hybridized carbons (Fsp3) is 0.0667. The van der Waals surface area contributed by atoms with Gasteiger partial charge in [0.25, 0.3) is 0 Å². The first-order chi connectivity index (χ1) is 9.93. The molecular formula is C15H12FN3O2. The van der Waals surface area contributed by atoms with Crippen molar-refractivity contribution in [1.82, 2.24) is 0 Å². The number of nitrogen functional groups attached to an aromatic ring is 1. The van der Waals surface area contributed by atoms with Crippen LogP contribution in [0.15, 0.2) is 30.3 Å². The number of carboxylic acids is 1. The Hall–Kier alpha value is -3.07. The minimum atomic E-state index is -1.39. The van der Waals surface area contributed by atoms with Crippen LogP contribution in [-0.4, -0.2) is 11.1 Å². The van der Waals surface area contributed by atoms with Gasteiger partial charge in [0.1, 0.15) is 11.9 Å². The van der Waals surface area contributed by atoms with Crippen molar-refractivity contribution in [3.05, 3.63) is 52.8 Å². The summed E-state index contributed by atoms with van der Waals surface area (Å²) in [5.41, 5.74) is 7.19. The van der Waals surface area contributed by atoms with Gasteiger partial charge in [0.2, 0.25) is 0 Å². The third kappa shape index (κ3) is 2.77. The number of hydrogen-bond acceptors (Lipinski definition) is 4. The molecule has 2 aromatic rings. The van der Waals surface area contributed by atoms with E-state index in [-0.39, 0.29) is 11.4 Å². The van der Waals surface area contributed by atoms with E-state index in [9.17, 15) is 9.18 Å². The van der Waals surface area contributed by atoms with Crippen molar-refractivity contribution in [1.29, 1.82) is 5.26 Å². The zero-order valence-electron chi connectivity index (χ0n) is 11.1. The number of carboxylic acid groups (broad SMARTS) is 1. The van der Waals surface area contributed by atoms with Crippen molar-refractivity contribution < 1.29 is 14.3 Å². The smallest absolute Gasteiger partial charge is 0.338 e. The number of hydrogen-bond donors (Lipinski definition) is 3. The second kappa shape index (κ2) is 5.51. The van der Waals surface area contributed by atoms with E-state index < -0.39 is 17.3 Å². The minimum Gasteiger partial charge on any atom is -0.478 e. The molecule has 0 aliphatic heterocycles. The molecule has 0 saturated heterocycles. The van der Waals surface area contributed by atoms with Crippen LogP contribution in [0.1, 0.15) is 21.5 Å². The molecule has 0 aromatic heterocycles. The lowest BCUT2D eigenvalue weighted by Gasteiger charge is -2.13. The number of aryl methyl sites for hydroxylation is 1. The first kappa shape index (κ1) is 14.3. The number of carbonyl (C=O) groups is 1. The highest BCUT2D eigenvalue weighted by molar-refractivity contribution is 5.91. The molecule has 0 unspecified atom stereocenters. The molecule has 0 bridgehead atoms. The number of rotatable bonds is 3. The molecule has 106 valence electrons. The molecule has 2 rings (SSSR count). The summed E-state index contributed by atoms with van der Waals surface area (Å²) in [5.74, 6) is -2.29. The molecule has 0 atom stereocenters. The van der Waals surface area contributed by atoms with Gasteiger partial charge in [-0.25, -0.2) is 9.18 Å². The summed E-state index contributed by atoms with van der Waals surface area (Å²) in [5, 5.41) is 20.8. The maximum absolute atomic E-state index is 13.7. The maximum Gasteiger partial charge on any atom is 0.338 e. The Bertz CT molecular complexity index is 766. The number of nitriles is 1. The van der Waals surface area contributed by atoms with Crippen LogP contribution in [0.5, 0.6) is 0 Å². The Morgan fingerprint density at radius 2 is 2.10 bits per heavy atom. The minimum absolute atomic E-state index is 0.0826. The molecule has 0 heterocycles. The standard InChI is InChI=1S/C15H12FN3O2/c1-8-3-2-4-13(10(8)7-17)19-14-6-11(16)9(15(20)21)5-12(14)18/h2-6,19H,18H2,1H3,(H,20,21). The van der Waals surface area contributed by atoms with Crippen molar-refractivity contribution in [2.24, 2.45) is 0 Å². The fourth-order valence-corrected chi connectivity index (χ4v) is 1.93. The van der Waals surface area contributed by atoms with Crippen molar-refractivity contribution in [3.8, 4) is 6.07 Å². The van der Waals surface area contributed by atoms with Crippen molar-refractivity contribution in [2.45, 2.75) is 6.92 Å². The molecule has 0 saturated carbocycles. The molecular weight excluding hydrogens is 273 g/mol. The summed E-state index contributed by atoms with van der Waals surface area (Å²) in [6.07, 6.45) is 0. The molecule has 2 aromatic carbocycles. The van der Waals surface area contributed by atoms with E-state index in [1.165, 1.54) is 0 Å². The predicted octanol–water partition coefficient (Wildman–Crippen LogP) is 3.03. The van der Waals surface area contributed by atoms with Gasteiger partial charge < -0.3 is 16.2 Å². The van der Waals surface area contributed by atoms with E-state index in [1.54, 1.807) is 25.1 Å². The molecule has 4 N–H and O–H groups in total. The second-order valence-electron chi connectivity index (χ2n) is 4.46. The topological polar surface area (TPSA) is 99.1 Å². The highest BCUT2D eigenvalue weighted by Gasteiger charge is 2.15.